The number of hydrazine groups is 1. The van der Waals surface area contributed by atoms with Crippen LogP contribution in [-0.2, 0) is 4.79 Å². The summed E-state index contributed by atoms with van der Waals surface area (Å²) in [5.41, 5.74) is 2.15. The van der Waals surface area contributed by atoms with Crippen molar-refractivity contribution >= 4 is 5.91 Å². The second-order valence-corrected chi connectivity index (χ2v) is 4.05. The quantitative estimate of drug-likeness (QED) is 0.295. The predicted molar refractivity (Wildman–Crippen MR) is 56.5 cm³/mol. The topological polar surface area (TPSA) is 58.4 Å². The first kappa shape index (κ1) is 11.5. The molecule has 1 saturated heterocycles. The molecule has 1 atom stereocenters. The fourth-order valence-corrected chi connectivity index (χ4v) is 2.00. The fraction of sp³-hybridized carbons (Fsp3) is 0.900. The average molecular weight is 199 g/mol. The van der Waals surface area contributed by atoms with Crippen LogP contribution < -0.4 is 11.3 Å². The molecular weight excluding hydrogens is 178 g/mol. The molecule has 4 nitrogen and oxygen atoms in total. The summed E-state index contributed by atoms with van der Waals surface area (Å²) in [5, 5.41) is 0. The van der Waals surface area contributed by atoms with Crippen molar-refractivity contribution in [3.63, 3.8) is 0 Å². The van der Waals surface area contributed by atoms with Gasteiger partial charge in [-0.15, -0.1) is 0 Å². The van der Waals surface area contributed by atoms with Gasteiger partial charge in [-0.1, -0.05) is 0 Å². The molecule has 0 saturated carbocycles. The number of nitrogens with zero attached hydrogens (tertiary/aromatic N) is 1. The normalized spacial score (nSPS) is 22.6. The van der Waals surface area contributed by atoms with E-state index in [1.807, 2.05) is 0 Å². The van der Waals surface area contributed by atoms with Crippen molar-refractivity contribution in [2.24, 2.45) is 5.84 Å². The van der Waals surface area contributed by atoms with Crippen LogP contribution in [-0.4, -0.2) is 29.9 Å². The van der Waals surface area contributed by atoms with E-state index in [4.69, 9.17) is 5.84 Å². The van der Waals surface area contributed by atoms with Gasteiger partial charge in [0.05, 0.1) is 0 Å². The van der Waals surface area contributed by atoms with Crippen LogP contribution in [0.5, 0.6) is 0 Å². The molecule has 1 unspecified atom stereocenters. The number of carbonyl (C=O) groups excluding carboxylic acids is 1. The molecule has 0 aromatic carbocycles. The first-order valence-electron chi connectivity index (χ1n) is 5.47. The van der Waals surface area contributed by atoms with Gasteiger partial charge in [-0.2, -0.15) is 0 Å². The molecule has 14 heavy (non-hydrogen) atoms. The van der Waals surface area contributed by atoms with Crippen molar-refractivity contribution < 1.29 is 4.79 Å². The Morgan fingerprint density at radius 1 is 1.57 bits per heavy atom. The Morgan fingerprint density at radius 3 is 2.93 bits per heavy atom. The molecule has 0 bridgehead atoms. The minimum Gasteiger partial charge on any atom is -0.301 e. The van der Waals surface area contributed by atoms with E-state index in [1.165, 1.54) is 19.4 Å². The van der Waals surface area contributed by atoms with Crippen molar-refractivity contribution in [2.45, 2.75) is 45.1 Å². The first-order chi connectivity index (χ1) is 6.74. The van der Waals surface area contributed by atoms with Gasteiger partial charge in [0.25, 0.3) is 0 Å². The van der Waals surface area contributed by atoms with E-state index in [0.29, 0.717) is 6.42 Å². The molecule has 1 amide bonds. The number of likely N-dealkylation sites (tertiary alicyclic amines) is 1. The fourth-order valence-electron chi connectivity index (χ4n) is 2.00. The molecule has 0 spiro atoms. The highest BCUT2D eigenvalue weighted by Gasteiger charge is 2.18. The number of unbranched alkanes of at least 4 members (excludes halogenated alkanes) is 1. The zero-order valence-corrected chi connectivity index (χ0v) is 8.96. The Kier molecular flexibility index (Phi) is 4.90. The third-order valence-electron chi connectivity index (χ3n) is 2.95. The van der Waals surface area contributed by atoms with E-state index in [1.54, 1.807) is 0 Å². The van der Waals surface area contributed by atoms with Crippen molar-refractivity contribution in [3.05, 3.63) is 0 Å². The van der Waals surface area contributed by atoms with E-state index in [-0.39, 0.29) is 5.91 Å². The number of rotatable bonds is 5. The molecule has 3 N–H and O–H groups in total. The zero-order chi connectivity index (χ0) is 10.4. The van der Waals surface area contributed by atoms with Gasteiger partial charge in [-0.25, -0.2) is 5.84 Å². The van der Waals surface area contributed by atoms with Crippen LogP contribution in [0.3, 0.4) is 0 Å². The highest BCUT2D eigenvalue weighted by atomic mass is 16.2. The molecule has 1 aliphatic heterocycles. The van der Waals surface area contributed by atoms with Gasteiger partial charge < -0.3 is 4.90 Å². The summed E-state index contributed by atoms with van der Waals surface area (Å²) in [4.78, 5) is 13.3. The largest absolute Gasteiger partial charge is 0.301 e. The van der Waals surface area contributed by atoms with E-state index >= 15 is 0 Å². The van der Waals surface area contributed by atoms with Crippen LogP contribution in [0.15, 0.2) is 0 Å². The van der Waals surface area contributed by atoms with Gasteiger partial charge in [0, 0.05) is 12.5 Å². The number of amides is 1. The number of nitrogens with two attached hydrogens (primary N) is 1. The molecule has 1 rings (SSSR count). The lowest BCUT2D eigenvalue weighted by Crippen LogP contribution is -2.30. The lowest BCUT2D eigenvalue weighted by atomic mass is 10.2. The Bertz CT molecular complexity index is 184. The summed E-state index contributed by atoms with van der Waals surface area (Å²) in [7, 11) is 0. The van der Waals surface area contributed by atoms with Gasteiger partial charge >= 0.3 is 0 Å². The molecule has 0 aliphatic carbocycles. The monoisotopic (exact) mass is 199 g/mol. The summed E-state index contributed by atoms with van der Waals surface area (Å²) in [6.07, 6.45) is 5.23. The van der Waals surface area contributed by atoms with Crippen molar-refractivity contribution in [1.29, 1.82) is 0 Å². The zero-order valence-electron chi connectivity index (χ0n) is 8.96. The molecule has 82 valence electrons. The van der Waals surface area contributed by atoms with Gasteiger partial charge in [0.15, 0.2) is 0 Å². The maximum Gasteiger partial charge on any atom is 0.233 e. The predicted octanol–water partition coefficient (Wildman–Crippen LogP) is 0.631. The van der Waals surface area contributed by atoms with E-state index in [9.17, 15) is 4.79 Å². The minimum absolute atomic E-state index is 0.0560. The Hall–Kier alpha value is -0.610. The molecule has 1 heterocycles. The van der Waals surface area contributed by atoms with Gasteiger partial charge in [-0.05, 0) is 45.7 Å². The van der Waals surface area contributed by atoms with Crippen LogP contribution >= 0.6 is 0 Å². The number of hydrogen-bond donors (Lipinski definition) is 2. The highest BCUT2D eigenvalue weighted by Crippen LogP contribution is 2.16. The van der Waals surface area contributed by atoms with Crippen molar-refractivity contribution in [2.75, 3.05) is 13.1 Å². The van der Waals surface area contributed by atoms with Crippen LogP contribution in [0.4, 0.5) is 0 Å². The molecule has 0 aromatic rings. The molecule has 0 radical (unpaired) electrons. The Balaban J connectivity index is 2.01. The van der Waals surface area contributed by atoms with Crippen LogP contribution in [0.1, 0.15) is 39.0 Å². The highest BCUT2D eigenvalue weighted by molar-refractivity contribution is 5.75. The third-order valence-corrected chi connectivity index (χ3v) is 2.95. The minimum atomic E-state index is -0.0560. The van der Waals surface area contributed by atoms with Crippen molar-refractivity contribution in [3.8, 4) is 0 Å². The maximum atomic E-state index is 10.8. The summed E-state index contributed by atoms with van der Waals surface area (Å²) < 4.78 is 0. The van der Waals surface area contributed by atoms with Gasteiger partial charge in [0.2, 0.25) is 5.91 Å². The number of carbonyl (C=O) groups is 1. The standard InChI is InChI=1S/C10H21N3O/c1-9-5-4-8-13(9)7-3-2-6-10(14)12-11/h9H,2-8,11H2,1H3,(H,12,14). The molecule has 1 fully saturated rings. The first-order valence-corrected chi connectivity index (χ1v) is 5.47. The smallest absolute Gasteiger partial charge is 0.233 e. The number of nitrogens with one attached hydrogen (secondary N) is 1. The molecule has 4 heteroatoms. The van der Waals surface area contributed by atoms with Crippen molar-refractivity contribution in [1.82, 2.24) is 10.3 Å². The molecular formula is C10H21N3O. The van der Waals surface area contributed by atoms with Gasteiger partial charge in [0.1, 0.15) is 0 Å². The molecule has 1 aliphatic rings. The second kappa shape index (κ2) is 5.98. The summed E-state index contributed by atoms with van der Waals surface area (Å²) in [6.45, 7) is 4.63. The van der Waals surface area contributed by atoms with Crippen LogP contribution in [0.2, 0.25) is 0 Å². The lowest BCUT2D eigenvalue weighted by Gasteiger charge is -2.20. The summed E-state index contributed by atoms with van der Waals surface area (Å²) >= 11 is 0. The summed E-state index contributed by atoms with van der Waals surface area (Å²) in [6, 6.07) is 0.735. The SMILES string of the molecule is CC1CCCN1CCCCC(=O)NN. The van der Waals surface area contributed by atoms with Gasteiger partial charge in [-0.3, -0.25) is 10.2 Å². The van der Waals surface area contributed by atoms with E-state index in [0.717, 1.165) is 25.4 Å². The number of hydrogen-bond acceptors (Lipinski definition) is 3. The second-order valence-electron chi connectivity index (χ2n) is 4.05. The molecule has 0 aromatic heterocycles. The Labute approximate surface area is 85.8 Å². The third kappa shape index (κ3) is 3.64. The lowest BCUT2D eigenvalue weighted by molar-refractivity contribution is -0.121. The maximum absolute atomic E-state index is 10.8. The van der Waals surface area contributed by atoms with Crippen LogP contribution in [0, 0.1) is 0 Å². The Morgan fingerprint density at radius 2 is 2.36 bits per heavy atom. The van der Waals surface area contributed by atoms with Crippen LogP contribution in [0.25, 0.3) is 0 Å². The van der Waals surface area contributed by atoms with E-state index in [2.05, 4.69) is 17.2 Å². The average Bonchev–Trinajstić information content (AvgIpc) is 2.58. The summed E-state index contributed by atoms with van der Waals surface area (Å²) in [5.74, 6) is 4.93. The van der Waals surface area contributed by atoms with E-state index < -0.39 is 0 Å².